The lowest BCUT2D eigenvalue weighted by molar-refractivity contribution is -0.145. The van der Waals surface area contributed by atoms with Crippen LogP contribution in [0.3, 0.4) is 0 Å². The van der Waals surface area contributed by atoms with Crippen LogP contribution in [0.1, 0.15) is 12.0 Å². The molecule has 110 valence electrons. The molecule has 1 aromatic carbocycles. The standard InChI is InChI=1S/C16H16BrNO3/c1-7-2-4-8(5-3-7)18-15(19)11-9-6-10-12(11)16(20)21-14(10)13(9)17/h2-5,9-14H,6H2,1H3,(H,18,19)/t9-,10-,11+,12-,13+,14-/m0/s1. The van der Waals surface area contributed by atoms with Crippen LogP contribution in [0, 0.1) is 30.6 Å². The van der Waals surface area contributed by atoms with Gasteiger partial charge in [0.15, 0.2) is 0 Å². The van der Waals surface area contributed by atoms with Crippen molar-refractivity contribution >= 4 is 33.5 Å². The number of hydrogen-bond donors (Lipinski definition) is 1. The van der Waals surface area contributed by atoms with Gasteiger partial charge in [-0.15, -0.1) is 0 Å². The Balaban J connectivity index is 1.57. The van der Waals surface area contributed by atoms with E-state index in [1.54, 1.807) is 0 Å². The Bertz CT molecular complexity index is 614. The number of carbonyl (C=O) groups excluding carboxylic acids is 2. The van der Waals surface area contributed by atoms with Crippen LogP contribution in [0.15, 0.2) is 24.3 Å². The summed E-state index contributed by atoms with van der Waals surface area (Å²) in [5.74, 6) is -0.370. The van der Waals surface area contributed by atoms with Gasteiger partial charge in [0.25, 0.3) is 0 Å². The van der Waals surface area contributed by atoms with Gasteiger partial charge in [-0.05, 0) is 31.4 Å². The van der Waals surface area contributed by atoms with Crippen LogP contribution in [-0.2, 0) is 14.3 Å². The number of hydrogen-bond acceptors (Lipinski definition) is 3. The van der Waals surface area contributed by atoms with E-state index in [1.165, 1.54) is 0 Å². The van der Waals surface area contributed by atoms with E-state index in [1.807, 2.05) is 31.2 Å². The number of rotatable bonds is 2. The summed E-state index contributed by atoms with van der Waals surface area (Å²) in [6.07, 6.45) is 0.874. The number of benzene rings is 1. The van der Waals surface area contributed by atoms with Crippen LogP contribution in [0.4, 0.5) is 5.69 Å². The molecule has 0 aromatic heterocycles. The SMILES string of the molecule is Cc1ccc(NC(=O)[C@@H]2[C@@H]3C[C@@H]4[C@H](OC(=O)[C@@H]42)[C@@H]3Br)cc1. The molecule has 1 aliphatic heterocycles. The van der Waals surface area contributed by atoms with Gasteiger partial charge in [0.2, 0.25) is 5.91 Å². The first-order valence-corrected chi connectivity index (χ1v) is 8.20. The smallest absolute Gasteiger partial charge is 0.310 e. The second-order valence-electron chi connectivity index (χ2n) is 6.32. The molecule has 6 atom stereocenters. The van der Waals surface area contributed by atoms with E-state index in [4.69, 9.17) is 4.74 Å². The maximum atomic E-state index is 12.6. The number of alkyl halides is 1. The average molecular weight is 350 g/mol. The number of esters is 1. The summed E-state index contributed by atoms with van der Waals surface area (Å²) in [6.45, 7) is 2.01. The minimum Gasteiger partial charge on any atom is -0.461 e. The Labute approximate surface area is 131 Å². The van der Waals surface area contributed by atoms with Crippen molar-refractivity contribution in [2.75, 3.05) is 5.32 Å². The van der Waals surface area contributed by atoms with Gasteiger partial charge in [-0.2, -0.15) is 0 Å². The topological polar surface area (TPSA) is 55.4 Å². The normalized spacial score (nSPS) is 39.4. The highest BCUT2D eigenvalue weighted by Gasteiger charge is 2.67. The summed E-state index contributed by atoms with van der Waals surface area (Å²) in [6, 6.07) is 7.71. The number of amides is 1. The van der Waals surface area contributed by atoms with Crippen molar-refractivity contribution in [3.05, 3.63) is 29.8 Å². The molecule has 1 saturated heterocycles. The Morgan fingerprint density at radius 3 is 2.71 bits per heavy atom. The molecule has 1 aromatic rings. The molecule has 1 heterocycles. The van der Waals surface area contributed by atoms with Gasteiger partial charge in [-0.3, -0.25) is 9.59 Å². The van der Waals surface area contributed by atoms with Crippen molar-refractivity contribution in [1.29, 1.82) is 0 Å². The molecule has 2 aliphatic carbocycles. The highest BCUT2D eigenvalue weighted by atomic mass is 79.9. The molecule has 21 heavy (non-hydrogen) atoms. The van der Waals surface area contributed by atoms with Gasteiger partial charge < -0.3 is 10.1 Å². The number of ether oxygens (including phenoxy) is 1. The van der Waals surface area contributed by atoms with Crippen LogP contribution in [0.25, 0.3) is 0 Å². The minimum absolute atomic E-state index is 0.0316. The summed E-state index contributed by atoms with van der Waals surface area (Å²) >= 11 is 3.62. The molecule has 4 rings (SSSR count). The van der Waals surface area contributed by atoms with Gasteiger partial charge in [0.1, 0.15) is 6.10 Å². The lowest BCUT2D eigenvalue weighted by Gasteiger charge is -2.27. The third-order valence-electron chi connectivity index (χ3n) is 5.14. The van der Waals surface area contributed by atoms with Gasteiger partial charge in [0.05, 0.1) is 16.7 Å². The second-order valence-corrected chi connectivity index (χ2v) is 7.37. The molecule has 0 radical (unpaired) electrons. The molecule has 0 spiro atoms. The molecule has 5 heteroatoms. The molecule has 1 N–H and O–H groups in total. The number of halogens is 1. The summed E-state index contributed by atoms with van der Waals surface area (Å²) < 4.78 is 5.43. The third kappa shape index (κ3) is 1.86. The number of anilines is 1. The first-order chi connectivity index (χ1) is 10.1. The summed E-state index contributed by atoms with van der Waals surface area (Å²) in [5, 5.41) is 2.95. The van der Waals surface area contributed by atoms with Crippen molar-refractivity contribution in [3.63, 3.8) is 0 Å². The molecule has 3 aliphatic rings. The van der Waals surface area contributed by atoms with E-state index in [2.05, 4.69) is 21.2 Å². The molecular formula is C16H16BrNO3. The number of fused-ring (bicyclic) bond motifs is 1. The fourth-order valence-electron chi connectivity index (χ4n) is 4.19. The van der Waals surface area contributed by atoms with Crippen LogP contribution in [0.5, 0.6) is 0 Å². The molecule has 2 bridgehead atoms. The highest BCUT2D eigenvalue weighted by Crippen LogP contribution is 2.60. The Hall–Kier alpha value is -1.36. The van der Waals surface area contributed by atoms with E-state index in [0.717, 1.165) is 17.7 Å². The Morgan fingerprint density at radius 1 is 1.29 bits per heavy atom. The first kappa shape index (κ1) is 13.3. The van der Waals surface area contributed by atoms with Crippen molar-refractivity contribution in [1.82, 2.24) is 0 Å². The van der Waals surface area contributed by atoms with Gasteiger partial charge in [-0.25, -0.2) is 0 Å². The van der Waals surface area contributed by atoms with Crippen molar-refractivity contribution in [3.8, 4) is 0 Å². The molecule has 1 amide bonds. The predicted molar refractivity (Wildman–Crippen MR) is 81.0 cm³/mol. The fourth-order valence-corrected chi connectivity index (χ4v) is 5.24. The number of aryl methyl sites for hydroxylation is 1. The summed E-state index contributed by atoms with van der Waals surface area (Å²) in [5.41, 5.74) is 1.93. The highest BCUT2D eigenvalue weighted by molar-refractivity contribution is 9.09. The lowest BCUT2D eigenvalue weighted by atomic mass is 9.79. The number of carbonyl (C=O) groups is 2. The molecule has 3 fully saturated rings. The lowest BCUT2D eigenvalue weighted by Crippen LogP contribution is -2.40. The van der Waals surface area contributed by atoms with Gasteiger partial charge >= 0.3 is 5.97 Å². The third-order valence-corrected chi connectivity index (χ3v) is 6.34. The predicted octanol–water partition coefficient (Wildman–Crippen LogP) is 2.50. The van der Waals surface area contributed by atoms with Crippen LogP contribution in [0.2, 0.25) is 0 Å². The van der Waals surface area contributed by atoms with Gasteiger partial charge in [-0.1, -0.05) is 33.6 Å². The van der Waals surface area contributed by atoms with Crippen LogP contribution < -0.4 is 5.32 Å². The fraction of sp³-hybridized carbons (Fsp3) is 0.500. The zero-order valence-electron chi connectivity index (χ0n) is 11.6. The first-order valence-electron chi connectivity index (χ1n) is 7.28. The van der Waals surface area contributed by atoms with Crippen LogP contribution >= 0.6 is 15.9 Å². The van der Waals surface area contributed by atoms with E-state index in [9.17, 15) is 9.59 Å². The second kappa shape index (κ2) is 4.57. The maximum absolute atomic E-state index is 12.6. The summed E-state index contributed by atoms with van der Waals surface area (Å²) in [7, 11) is 0. The van der Waals surface area contributed by atoms with E-state index < -0.39 is 0 Å². The van der Waals surface area contributed by atoms with Crippen LogP contribution in [-0.4, -0.2) is 22.8 Å². The monoisotopic (exact) mass is 349 g/mol. The Kier molecular flexibility index (Phi) is 2.89. The van der Waals surface area contributed by atoms with Crippen molar-refractivity contribution in [2.24, 2.45) is 23.7 Å². The zero-order valence-corrected chi connectivity index (χ0v) is 13.2. The maximum Gasteiger partial charge on any atom is 0.310 e. The minimum atomic E-state index is -0.271. The van der Waals surface area contributed by atoms with E-state index in [-0.39, 0.29) is 46.5 Å². The van der Waals surface area contributed by atoms with E-state index >= 15 is 0 Å². The van der Waals surface area contributed by atoms with Crippen molar-refractivity contribution < 1.29 is 14.3 Å². The average Bonchev–Trinajstić information content (AvgIpc) is 3.05. The largest absolute Gasteiger partial charge is 0.461 e. The zero-order chi connectivity index (χ0) is 14.7. The molecular weight excluding hydrogens is 334 g/mol. The quantitative estimate of drug-likeness (QED) is 0.659. The molecule has 4 nitrogen and oxygen atoms in total. The summed E-state index contributed by atoms with van der Waals surface area (Å²) in [4.78, 5) is 24.8. The Morgan fingerprint density at radius 2 is 2.00 bits per heavy atom. The van der Waals surface area contributed by atoms with Gasteiger partial charge in [0, 0.05) is 11.6 Å². The van der Waals surface area contributed by atoms with Crippen molar-refractivity contribution in [2.45, 2.75) is 24.3 Å². The number of nitrogens with one attached hydrogen (secondary N) is 1. The van der Waals surface area contributed by atoms with E-state index in [0.29, 0.717) is 0 Å². The molecule has 0 unspecified atom stereocenters. The molecule has 2 saturated carbocycles.